The van der Waals surface area contributed by atoms with E-state index < -0.39 is 12.1 Å². The molecular formula is C42H77N3O4. The Balaban J connectivity index is -0.000000220. The number of hydrogen-bond acceptors (Lipinski definition) is 4. The summed E-state index contributed by atoms with van der Waals surface area (Å²) in [5.41, 5.74) is 3.70. The molecule has 0 fully saturated rings. The van der Waals surface area contributed by atoms with Crippen molar-refractivity contribution in [3.8, 4) is 0 Å². The zero-order valence-corrected chi connectivity index (χ0v) is 34.3. The molecule has 284 valence electrons. The van der Waals surface area contributed by atoms with Gasteiger partial charge in [-0.3, -0.25) is 9.59 Å². The van der Waals surface area contributed by atoms with Crippen LogP contribution in [0.2, 0.25) is 0 Å². The average Bonchev–Trinajstić information content (AvgIpc) is 3.08. The standard InChI is InChI=1S/C20H27NO.C14H26N2O3.4C2H6/c1-7-8-10-17-11-9-12-18(16(17)6)20(22)21-19(15(4)5)13-14(2)3;1-5-6-7-12(18)9-15-14(19)16-13(11(4)17)8-10(2)3;4*1-2/h7-12,14,19H,1,4,13H2,2-3,5-6H3,(H,21,22);10,13,17H,4-9H2,1-3H3,(H2,15,16,19);4*1-2H3/b10-8-;;;;;/t;13-;;;;/m.0..../s1. The molecular weight excluding hydrogens is 610 g/mol. The zero-order chi connectivity index (χ0) is 39.5. The lowest BCUT2D eigenvalue weighted by atomic mass is 9.97. The van der Waals surface area contributed by atoms with Gasteiger partial charge in [-0.05, 0) is 62.1 Å². The van der Waals surface area contributed by atoms with Crippen molar-refractivity contribution in [2.75, 3.05) is 6.54 Å². The number of rotatable bonds is 16. The number of unbranched alkanes of at least 4 members (excludes halogenated alkanes) is 1. The van der Waals surface area contributed by atoms with E-state index in [0.29, 0.717) is 30.2 Å². The number of aliphatic hydroxyl groups excluding tert-OH is 1. The highest BCUT2D eigenvalue weighted by Gasteiger charge is 2.18. The molecule has 0 spiro atoms. The summed E-state index contributed by atoms with van der Waals surface area (Å²) in [6.07, 6.45) is 9.35. The molecule has 3 amide bonds. The first-order valence-corrected chi connectivity index (χ1v) is 18.5. The maximum absolute atomic E-state index is 12.6. The summed E-state index contributed by atoms with van der Waals surface area (Å²) in [5, 5.41) is 17.6. The molecule has 0 aliphatic heterocycles. The van der Waals surface area contributed by atoms with Gasteiger partial charge in [-0.15, -0.1) is 0 Å². The van der Waals surface area contributed by atoms with Gasteiger partial charge < -0.3 is 21.1 Å². The Labute approximate surface area is 303 Å². The molecule has 0 bridgehead atoms. The van der Waals surface area contributed by atoms with Gasteiger partial charge in [-0.2, -0.15) is 0 Å². The molecule has 2 atom stereocenters. The molecule has 0 aliphatic rings. The number of nitrogens with one attached hydrogen (secondary N) is 3. The van der Waals surface area contributed by atoms with Crippen LogP contribution >= 0.6 is 0 Å². The molecule has 0 radical (unpaired) electrons. The number of ketones is 1. The van der Waals surface area contributed by atoms with Crippen molar-refractivity contribution >= 4 is 23.8 Å². The fraction of sp³-hybridized carbons (Fsp3) is 0.595. The SMILES string of the molecule is C=C(O)[C@H](CC(C)C)NC(=O)NCC(=O)CCCC.C=C/C=C\c1cccc(C(=O)NC(CC(C)C)C(=C)C)c1C.CC.CC.CC.CC. The third-order valence-corrected chi connectivity index (χ3v) is 6.31. The van der Waals surface area contributed by atoms with Crippen molar-refractivity contribution in [2.24, 2.45) is 11.8 Å². The van der Waals surface area contributed by atoms with Crippen molar-refractivity contribution in [3.63, 3.8) is 0 Å². The molecule has 0 aliphatic carbocycles. The summed E-state index contributed by atoms with van der Waals surface area (Å²) >= 11 is 0. The highest BCUT2D eigenvalue weighted by atomic mass is 16.3. The first-order chi connectivity index (χ1) is 23.2. The topological polar surface area (TPSA) is 108 Å². The summed E-state index contributed by atoms with van der Waals surface area (Å²) in [6, 6.07) is 4.84. The Bertz CT molecular complexity index is 1060. The minimum absolute atomic E-state index is 0.0132. The summed E-state index contributed by atoms with van der Waals surface area (Å²) in [6.45, 7) is 41.4. The van der Waals surface area contributed by atoms with Crippen LogP contribution in [0.25, 0.3) is 6.08 Å². The van der Waals surface area contributed by atoms with Crippen LogP contribution in [0.15, 0.2) is 61.4 Å². The Morgan fingerprint density at radius 1 is 0.857 bits per heavy atom. The minimum atomic E-state index is -0.481. The molecule has 7 heteroatoms. The number of urea groups is 1. The summed E-state index contributed by atoms with van der Waals surface area (Å²) < 4.78 is 0. The maximum Gasteiger partial charge on any atom is 0.315 e. The number of allylic oxidation sites excluding steroid dienone is 2. The lowest BCUT2D eigenvalue weighted by Crippen LogP contribution is -2.45. The lowest BCUT2D eigenvalue weighted by Gasteiger charge is -2.21. The molecule has 0 saturated heterocycles. The van der Waals surface area contributed by atoms with Crippen LogP contribution in [-0.4, -0.2) is 41.5 Å². The molecule has 0 aromatic heterocycles. The first-order valence-electron chi connectivity index (χ1n) is 18.5. The summed E-state index contributed by atoms with van der Waals surface area (Å²) in [5.74, 6) is 0.728. The van der Waals surface area contributed by atoms with Gasteiger partial charge in [0.2, 0.25) is 0 Å². The molecule has 7 nitrogen and oxygen atoms in total. The number of benzene rings is 1. The summed E-state index contributed by atoms with van der Waals surface area (Å²) in [4.78, 5) is 35.6. The van der Waals surface area contributed by atoms with Gasteiger partial charge in [-0.25, -0.2) is 4.79 Å². The van der Waals surface area contributed by atoms with Gasteiger partial charge in [0.15, 0.2) is 5.78 Å². The number of hydrogen-bond donors (Lipinski definition) is 4. The van der Waals surface area contributed by atoms with Crippen LogP contribution < -0.4 is 16.0 Å². The van der Waals surface area contributed by atoms with Crippen molar-refractivity contribution < 1.29 is 19.5 Å². The average molecular weight is 688 g/mol. The fourth-order valence-electron chi connectivity index (χ4n) is 3.94. The second kappa shape index (κ2) is 37.2. The number of aliphatic hydroxyl groups is 1. The van der Waals surface area contributed by atoms with E-state index in [4.69, 9.17) is 0 Å². The largest absolute Gasteiger partial charge is 0.511 e. The Morgan fingerprint density at radius 2 is 1.37 bits per heavy atom. The minimum Gasteiger partial charge on any atom is -0.511 e. The van der Waals surface area contributed by atoms with Crippen molar-refractivity contribution in [1.82, 2.24) is 16.0 Å². The first kappa shape index (κ1) is 54.8. The highest BCUT2D eigenvalue weighted by Crippen LogP contribution is 2.18. The van der Waals surface area contributed by atoms with Crippen molar-refractivity contribution in [1.29, 1.82) is 0 Å². The van der Waals surface area contributed by atoms with E-state index in [-0.39, 0.29) is 30.0 Å². The van der Waals surface area contributed by atoms with E-state index in [1.54, 1.807) is 6.08 Å². The van der Waals surface area contributed by atoms with Crippen LogP contribution in [0.4, 0.5) is 4.79 Å². The molecule has 1 aromatic rings. The van der Waals surface area contributed by atoms with Crippen LogP contribution in [-0.2, 0) is 4.79 Å². The van der Waals surface area contributed by atoms with Gasteiger partial charge in [-0.1, -0.05) is 152 Å². The molecule has 0 saturated carbocycles. The molecule has 1 rings (SSSR count). The van der Waals surface area contributed by atoms with E-state index in [2.05, 4.69) is 49.5 Å². The van der Waals surface area contributed by atoms with Crippen molar-refractivity contribution in [2.45, 2.75) is 148 Å². The molecule has 0 heterocycles. The predicted molar refractivity (Wildman–Crippen MR) is 217 cm³/mol. The van der Waals surface area contributed by atoms with E-state index >= 15 is 0 Å². The Morgan fingerprint density at radius 3 is 1.80 bits per heavy atom. The number of Topliss-reactive ketones (excluding diaryl/α,β-unsaturated/α-hetero) is 1. The van der Waals surface area contributed by atoms with Gasteiger partial charge in [0.1, 0.15) is 5.76 Å². The van der Waals surface area contributed by atoms with Gasteiger partial charge in [0.25, 0.3) is 5.91 Å². The fourth-order valence-corrected chi connectivity index (χ4v) is 3.94. The number of carbonyl (C=O) groups excluding carboxylic acids is 3. The second-order valence-electron chi connectivity index (χ2n) is 11.3. The van der Waals surface area contributed by atoms with Crippen LogP contribution in [0.5, 0.6) is 0 Å². The monoisotopic (exact) mass is 688 g/mol. The van der Waals surface area contributed by atoms with E-state index in [1.807, 2.05) is 120 Å². The second-order valence-corrected chi connectivity index (χ2v) is 11.3. The Hall–Kier alpha value is -3.61. The van der Waals surface area contributed by atoms with Crippen molar-refractivity contribution in [3.05, 3.63) is 78.1 Å². The normalized spacial score (nSPS) is 10.7. The van der Waals surface area contributed by atoms with Gasteiger partial charge in [0.05, 0.1) is 18.6 Å². The third-order valence-electron chi connectivity index (χ3n) is 6.31. The van der Waals surface area contributed by atoms with Crippen LogP contribution in [0.1, 0.15) is 151 Å². The quantitative estimate of drug-likeness (QED) is 0.0788. The number of carbonyl (C=O) groups is 3. The lowest BCUT2D eigenvalue weighted by molar-refractivity contribution is -0.118. The van der Waals surface area contributed by atoms with E-state index in [1.165, 1.54) is 0 Å². The Kier molecular flexibility index (Phi) is 41.6. The van der Waals surface area contributed by atoms with E-state index in [9.17, 15) is 19.5 Å². The van der Waals surface area contributed by atoms with Crippen LogP contribution in [0.3, 0.4) is 0 Å². The highest BCUT2D eigenvalue weighted by molar-refractivity contribution is 5.96. The summed E-state index contributed by atoms with van der Waals surface area (Å²) in [7, 11) is 0. The molecule has 49 heavy (non-hydrogen) atoms. The van der Waals surface area contributed by atoms with Gasteiger partial charge >= 0.3 is 6.03 Å². The van der Waals surface area contributed by atoms with Crippen LogP contribution in [0, 0.1) is 18.8 Å². The molecule has 1 unspecified atom stereocenters. The zero-order valence-electron chi connectivity index (χ0n) is 34.3. The maximum atomic E-state index is 12.6. The number of amides is 3. The van der Waals surface area contributed by atoms with E-state index in [0.717, 1.165) is 36.0 Å². The predicted octanol–water partition coefficient (Wildman–Crippen LogP) is 11.6. The third kappa shape index (κ3) is 30.2. The smallest absolute Gasteiger partial charge is 0.315 e. The van der Waals surface area contributed by atoms with Gasteiger partial charge in [0, 0.05) is 12.0 Å². The molecule has 4 N–H and O–H groups in total. The molecule has 1 aromatic carbocycles.